The molecule has 0 aliphatic heterocycles. The predicted molar refractivity (Wildman–Crippen MR) is 142 cm³/mol. The normalized spacial score (nSPS) is 10.9. The van der Waals surface area contributed by atoms with Gasteiger partial charge in [0.25, 0.3) is 5.91 Å². The van der Waals surface area contributed by atoms with Crippen LogP contribution in [-0.4, -0.2) is 19.6 Å². The highest BCUT2D eigenvalue weighted by atomic mass is 32.1. The molecular formula is C30H31NO2S. The van der Waals surface area contributed by atoms with Crippen LogP contribution in [0.25, 0.3) is 10.4 Å². The Labute approximate surface area is 206 Å². The van der Waals surface area contributed by atoms with Gasteiger partial charge in [-0.15, -0.1) is 11.3 Å². The highest BCUT2D eigenvalue weighted by Gasteiger charge is 2.11. The number of methoxy groups -OCH3 is 1. The Bertz CT molecular complexity index is 1240. The number of hydrogen-bond acceptors (Lipinski definition) is 3. The molecule has 0 unspecified atom stereocenters. The van der Waals surface area contributed by atoms with E-state index in [2.05, 4.69) is 67.7 Å². The standard InChI is InChI=1S/C30H31NO2S/c1-21(2)25-8-4-6-23(19-25)18-24-7-5-9-26(20-24)28-14-15-29(34-28)30(32)31-17-16-22-10-12-27(33-3)13-11-22/h4-15,19-21H,16-18H2,1-3H3,(H,31,32). The molecule has 0 spiro atoms. The van der Waals surface area contributed by atoms with Crippen LogP contribution < -0.4 is 10.1 Å². The third-order valence-electron chi connectivity index (χ3n) is 5.93. The first-order chi connectivity index (χ1) is 16.5. The molecule has 4 rings (SSSR count). The fourth-order valence-corrected chi connectivity index (χ4v) is 4.87. The number of carbonyl (C=O) groups excluding carboxylic acids is 1. The van der Waals surface area contributed by atoms with Gasteiger partial charge in [-0.05, 0) is 70.8 Å². The first-order valence-electron chi connectivity index (χ1n) is 11.7. The van der Waals surface area contributed by atoms with E-state index in [9.17, 15) is 4.79 Å². The Morgan fingerprint density at radius 1 is 0.882 bits per heavy atom. The molecule has 34 heavy (non-hydrogen) atoms. The largest absolute Gasteiger partial charge is 0.497 e. The summed E-state index contributed by atoms with van der Waals surface area (Å²) in [5.74, 6) is 1.34. The molecule has 0 aliphatic carbocycles. The van der Waals surface area contributed by atoms with Crippen molar-refractivity contribution in [2.45, 2.75) is 32.6 Å². The smallest absolute Gasteiger partial charge is 0.261 e. The van der Waals surface area contributed by atoms with Crippen LogP contribution in [0.3, 0.4) is 0 Å². The van der Waals surface area contributed by atoms with Crippen molar-refractivity contribution < 1.29 is 9.53 Å². The summed E-state index contributed by atoms with van der Waals surface area (Å²) in [5, 5.41) is 3.04. The van der Waals surface area contributed by atoms with Gasteiger partial charge in [0.15, 0.2) is 0 Å². The van der Waals surface area contributed by atoms with Crippen LogP contribution in [0, 0.1) is 0 Å². The predicted octanol–water partition coefficient (Wildman–Crippen LogP) is 7.11. The van der Waals surface area contributed by atoms with Gasteiger partial charge >= 0.3 is 0 Å². The number of carbonyl (C=O) groups is 1. The first kappa shape index (κ1) is 23.8. The van der Waals surface area contributed by atoms with Crippen LogP contribution in [0.2, 0.25) is 0 Å². The minimum absolute atomic E-state index is 0.0218. The van der Waals surface area contributed by atoms with Crippen molar-refractivity contribution in [3.8, 4) is 16.2 Å². The van der Waals surface area contributed by atoms with E-state index in [-0.39, 0.29) is 5.91 Å². The zero-order valence-corrected chi connectivity index (χ0v) is 20.8. The fraction of sp³-hybridized carbons (Fsp3) is 0.233. The van der Waals surface area contributed by atoms with E-state index < -0.39 is 0 Å². The second-order valence-electron chi connectivity index (χ2n) is 8.79. The molecule has 1 amide bonds. The highest BCUT2D eigenvalue weighted by molar-refractivity contribution is 7.17. The first-order valence-corrected chi connectivity index (χ1v) is 12.5. The zero-order chi connectivity index (χ0) is 23.9. The maximum absolute atomic E-state index is 12.7. The average molecular weight is 470 g/mol. The Kier molecular flexibility index (Phi) is 7.81. The molecular weight excluding hydrogens is 438 g/mol. The van der Waals surface area contributed by atoms with E-state index >= 15 is 0 Å². The molecule has 4 aromatic rings. The lowest BCUT2D eigenvalue weighted by Crippen LogP contribution is -2.24. The third kappa shape index (κ3) is 6.15. The Morgan fingerprint density at radius 2 is 1.62 bits per heavy atom. The number of nitrogens with one attached hydrogen (secondary N) is 1. The molecule has 1 heterocycles. The zero-order valence-electron chi connectivity index (χ0n) is 20.0. The molecule has 0 saturated carbocycles. The Balaban J connectivity index is 1.37. The number of hydrogen-bond donors (Lipinski definition) is 1. The van der Waals surface area contributed by atoms with Crippen LogP contribution in [0.4, 0.5) is 0 Å². The van der Waals surface area contributed by atoms with Gasteiger partial charge in [-0.25, -0.2) is 0 Å². The van der Waals surface area contributed by atoms with Gasteiger partial charge in [0.1, 0.15) is 5.75 Å². The van der Waals surface area contributed by atoms with Crippen molar-refractivity contribution in [2.24, 2.45) is 0 Å². The van der Waals surface area contributed by atoms with Gasteiger partial charge in [-0.3, -0.25) is 4.79 Å². The van der Waals surface area contributed by atoms with Crippen LogP contribution in [-0.2, 0) is 12.8 Å². The summed E-state index contributed by atoms with van der Waals surface area (Å²) in [5.41, 5.74) is 6.29. The van der Waals surface area contributed by atoms with Crippen LogP contribution in [0.5, 0.6) is 5.75 Å². The molecule has 1 aromatic heterocycles. The van der Waals surface area contributed by atoms with E-state index in [0.29, 0.717) is 12.5 Å². The summed E-state index contributed by atoms with van der Waals surface area (Å²) in [6, 6.07) is 29.4. The van der Waals surface area contributed by atoms with Crippen molar-refractivity contribution in [3.63, 3.8) is 0 Å². The molecule has 0 radical (unpaired) electrons. The number of thiophene rings is 1. The molecule has 3 aromatic carbocycles. The molecule has 0 bridgehead atoms. The average Bonchev–Trinajstić information content (AvgIpc) is 3.35. The Morgan fingerprint density at radius 3 is 2.35 bits per heavy atom. The molecule has 0 atom stereocenters. The van der Waals surface area contributed by atoms with E-state index in [1.165, 1.54) is 33.6 Å². The van der Waals surface area contributed by atoms with Crippen molar-refractivity contribution in [2.75, 3.05) is 13.7 Å². The highest BCUT2D eigenvalue weighted by Crippen LogP contribution is 2.29. The van der Waals surface area contributed by atoms with Crippen LogP contribution in [0.1, 0.15) is 51.7 Å². The minimum Gasteiger partial charge on any atom is -0.497 e. The van der Waals surface area contributed by atoms with Gasteiger partial charge in [0.05, 0.1) is 12.0 Å². The number of benzene rings is 3. The van der Waals surface area contributed by atoms with E-state index in [1.807, 2.05) is 36.4 Å². The topological polar surface area (TPSA) is 38.3 Å². The monoisotopic (exact) mass is 469 g/mol. The summed E-state index contributed by atoms with van der Waals surface area (Å²) >= 11 is 1.54. The number of ether oxygens (including phenoxy) is 1. The summed E-state index contributed by atoms with van der Waals surface area (Å²) in [6.07, 6.45) is 1.69. The SMILES string of the molecule is COc1ccc(CCNC(=O)c2ccc(-c3cccc(Cc4cccc(C(C)C)c4)c3)s2)cc1. The molecule has 0 saturated heterocycles. The second kappa shape index (κ2) is 11.2. The lowest BCUT2D eigenvalue weighted by atomic mass is 9.97. The molecule has 174 valence electrons. The summed E-state index contributed by atoms with van der Waals surface area (Å²) in [7, 11) is 1.66. The lowest BCUT2D eigenvalue weighted by molar-refractivity contribution is 0.0958. The van der Waals surface area contributed by atoms with E-state index in [1.54, 1.807) is 7.11 Å². The van der Waals surface area contributed by atoms with Gasteiger partial charge in [-0.1, -0.05) is 74.5 Å². The minimum atomic E-state index is -0.0218. The number of rotatable bonds is 9. The maximum atomic E-state index is 12.7. The van der Waals surface area contributed by atoms with Gasteiger partial charge < -0.3 is 10.1 Å². The van der Waals surface area contributed by atoms with Crippen LogP contribution in [0.15, 0.2) is 84.9 Å². The fourth-order valence-electron chi connectivity index (χ4n) is 3.95. The molecule has 3 nitrogen and oxygen atoms in total. The summed E-state index contributed by atoms with van der Waals surface area (Å²) < 4.78 is 5.19. The number of amides is 1. The van der Waals surface area contributed by atoms with E-state index in [0.717, 1.165) is 33.9 Å². The second-order valence-corrected chi connectivity index (χ2v) is 9.88. The van der Waals surface area contributed by atoms with Crippen molar-refractivity contribution in [3.05, 3.63) is 112 Å². The molecule has 0 fully saturated rings. The van der Waals surface area contributed by atoms with Crippen molar-refractivity contribution in [1.29, 1.82) is 0 Å². The van der Waals surface area contributed by atoms with Gasteiger partial charge in [0.2, 0.25) is 0 Å². The van der Waals surface area contributed by atoms with Crippen molar-refractivity contribution in [1.82, 2.24) is 5.32 Å². The quantitative estimate of drug-likeness (QED) is 0.284. The van der Waals surface area contributed by atoms with Gasteiger partial charge in [0, 0.05) is 11.4 Å². The lowest BCUT2D eigenvalue weighted by Gasteiger charge is -2.09. The maximum Gasteiger partial charge on any atom is 0.261 e. The third-order valence-corrected chi connectivity index (χ3v) is 7.06. The van der Waals surface area contributed by atoms with E-state index in [4.69, 9.17) is 4.74 Å². The summed E-state index contributed by atoms with van der Waals surface area (Å²) in [4.78, 5) is 14.5. The summed E-state index contributed by atoms with van der Waals surface area (Å²) in [6.45, 7) is 5.05. The van der Waals surface area contributed by atoms with Gasteiger partial charge in [-0.2, -0.15) is 0 Å². The van der Waals surface area contributed by atoms with Crippen LogP contribution >= 0.6 is 11.3 Å². The van der Waals surface area contributed by atoms with Crippen molar-refractivity contribution >= 4 is 17.2 Å². The molecule has 4 heteroatoms. The molecule has 1 N–H and O–H groups in total. The Hall–Kier alpha value is -3.37. The molecule has 0 aliphatic rings.